The predicted molar refractivity (Wildman–Crippen MR) is 78.8 cm³/mol. The third-order valence-electron chi connectivity index (χ3n) is 3.35. The molecule has 0 aliphatic carbocycles. The van der Waals surface area contributed by atoms with Crippen molar-refractivity contribution in [2.75, 3.05) is 6.61 Å². The molecule has 0 saturated heterocycles. The minimum absolute atomic E-state index is 0.0910. The molecule has 1 atom stereocenters. The average Bonchev–Trinajstić information content (AvgIpc) is 2.34. The van der Waals surface area contributed by atoms with Gasteiger partial charge in [-0.1, -0.05) is 6.92 Å². The summed E-state index contributed by atoms with van der Waals surface area (Å²) < 4.78 is 27.3. The minimum atomic E-state index is -3.93. The maximum Gasteiger partial charge on any atom is 0.276 e. The van der Waals surface area contributed by atoms with Crippen LogP contribution in [-0.4, -0.2) is 31.1 Å². The molecule has 0 bridgehead atoms. The Balaban J connectivity index is 3.49. The van der Waals surface area contributed by atoms with Gasteiger partial charge in [0.25, 0.3) is 5.69 Å². The molecule has 0 aliphatic heterocycles. The minimum Gasteiger partial charge on any atom is -0.395 e. The summed E-state index contributed by atoms with van der Waals surface area (Å²) in [6.45, 7) is 6.00. The van der Waals surface area contributed by atoms with Crippen molar-refractivity contribution in [3.63, 3.8) is 0 Å². The van der Waals surface area contributed by atoms with E-state index in [1.165, 1.54) is 13.0 Å². The van der Waals surface area contributed by atoms with Crippen LogP contribution in [0.25, 0.3) is 0 Å². The summed E-state index contributed by atoms with van der Waals surface area (Å²) in [5.74, 6) is 0. The number of hydrogen-bond donors (Lipinski definition) is 2. The Kier molecular flexibility index (Phi) is 5.43. The number of rotatable bonds is 6. The number of sulfonamides is 1. The van der Waals surface area contributed by atoms with Gasteiger partial charge in [-0.3, -0.25) is 10.1 Å². The van der Waals surface area contributed by atoms with Gasteiger partial charge in [0.05, 0.1) is 16.4 Å². The molecule has 21 heavy (non-hydrogen) atoms. The van der Waals surface area contributed by atoms with E-state index in [2.05, 4.69) is 4.72 Å². The van der Waals surface area contributed by atoms with Crippen molar-refractivity contribution in [2.45, 2.75) is 45.1 Å². The van der Waals surface area contributed by atoms with Gasteiger partial charge in [0.15, 0.2) is 0 Å². The quantitative estimate of drug-likeness (QED) is 0.611. The number of aryl methyl sites for hydroxylation is 2. The van der Waals surface area contributed by atoms with Crippen LogP contribution >= 0.6 is 0 Å². The molecule has 1 aromatic rings. The van der Waals surface area contributed by atoms with E-state index in [1.807, 2.05) is 0 Å². The molecule has 1 unspecified atom stereocenters. The van der Waals surface area contributed by atoms with E-state index >= 15 is 0 Å². The number of nitrogens with one attached hydrogen (secondary N) is 1. The van der Waals surface area contributed by atoms with Gasteiger partial charge >= 0.3 is 0 Å². The summed E-state index contributed by atoms with van der Waals surface area (Å²) >= 11 is 0. The van der Waals surface area contributed by atoms with Gasteiger partial charge in [0.2, 0.25) is 10.0 Å². The Morgan fingerprint density at radius 1 is 1.33 bits per heavy atom. The lowest BCUT2D eigenvalue weighted by atomic mass is 10.1. The van der Waals surface area contributed by atoms with E-state index in [-0.39, 0.29) is 22.8 Å². The van der Waals surface area contributed by atoms with E-state index in [0.717, 1.165) is 0 Å². The average molecular weight is 316 g/mol. The largest absolute Gasteiger partial charge is 0.395 e. The summed E-state index contributed by atoms with van der Waals surface area (Å²) in [6.07, 6.45) is 0.418. The van der Waals surface area contributed by atoms with Gasteiger partial charge in [-0.05, 0) is 38.8 Å². The third-order valence-corrected chi connectivity index (χ3v) is 5.16. The van der Waals surface area contributed by atoms with Gasteiger partial charge in [0.1, 0.15) is 0 Å². The lowest BCUT2D eigenvalue weighted by molar-refractivity contribution is -0.386. The summed E-state index contributed by atoms with van der Waals surface area (Å²) in [6, 6.07) is 0.869. The smallest absolute Gasteiger partial charge is 0.276 e. The SMILES string of the molecule is CCC(CO)NS(=O)(=O)c1c(C)cc(C)c([N+](=O)[O-])c1C. The number of aliphatic hydroxyl groups is 1. The molecule has 0 radical (unpaired) electrons. The van der Waals surface area contributed by atoms with E-state index in [0.29, 0.717) is 17.5 Å². The second-order valence-electron chi connectivity index (χ2n) is 4.98. The molecule has 0 fully saturated rings. The van der Waals surface area contributed by atoms with Crippen LogP contribution in [0.4, 0.5) is 5.69 Å². The van der Waals surface area contributed by atoms with Crippen molar-refractivity contribution in [3.05, 3.63) is 32.9 Å². The molecule has 1 aromatic carbocycles. The molecule has 7 nitrogen and oxygen atoms in total. The third kappa shape index (κ3) is 3.58. The maximum absolute atomic E-state index is 12.4. The highest BCUT2D eigenvalue weighted by Gasteiger charge is 2.28. The van der Waals surface area contributed by atoms with Crippen LogP contribution in [0.5, 0.6) is 0 Å². The van der Waals surface area contributed by atoms with E-state index in [1.54, 1.807) is 20.8 Å². The zero-order valence-corrected chi connectivity index (χ0v) is 13.3. The molecular weight excluding hydrogens is 296 g/mol. The van der Waals surface area contributed by atoms with E-state index in [9.17, 15) is 18.5 Å². The first-order chi connectivity index (χ1) is 9.65. The molecule has 0 saturated carbocycles. The van der Waals surface area contributed by atoms with Crippen LogP contribution in [0, 0.1) is 30.9 Å². The first-order valence-corrected chi connectivity index (χ1v) is 8.02. The summed E-state index contributed by atoms with van der Waals surface area (Å²) in [4.78, 5) is 10.5. The molecule has 0 heterocycles. The van der Waals surface area contributed by atoms with Gasteiger partial charge in [0, 0.05) is 17.2 Å². The highest BCUT2D eigenvalue weighted by Crippen LogP contribution is 2.31. The fraction of sp³-hybridized carbons (Fsp3) is 0.538. The molecule has 2 N–H and O–H groups in total. The first kappa shape index (κ1) is 17.5. The molecule has 0 amide bonds. The number of nitro groups is 1. The number of benzene rings is 1. The van der Waals surface area contributed by atoms with Crippen molar-refractivity contribution in [1.29, 1.82) is 0 Å². The van der Waals surface area contributed by atoms with Crippen LogP contribution in [0.15, 0.2) is 11.0 Å². The summed E-state index contributed by atoms with van der Waals surface area (Å²) in [5.41, 5.74) is 0.773. The maximum atomic E-state index is 12.4. The van der Waals surface area contributed by atoms with Crippen LogP contribution < -0.4 is 4.72 Å². The van der Waals surface area contributed by atoms with Crippen LogP contribution in [0.3, 0.4) is 0 Å². The van der Waals surface area contributed by atoms with Crippen molar-refractivity contribution >= 4 is 15.7 Å². The van der Waals surface area contributed by atoms with Crippen molar-refractivity contribution in [2.24, 2.45) is 0 Å². The molecule has 0 spiro atoms. The summed E-state index contributed by atoms with van der Waals surface area (Å²) in [5, 5.41) is 20.2. The van der Waals surface area contributed by atoms with E-state index < -0.39 is 21.0 Å². The highest BCUT2D eigenvalue weighted by molar-refractivity contribution is 7.89. The summed E-state index contributed by atoms with van der Waals surface area (Å²) in [7, 11) is -3.93. The molecular formula is C13H20N2O5S. The lowest BCUT2D eigenvalue weighted by Gasteiger charge is -2.17. The fourth-order valence-electron chi connectivity index (χ4n) is 2.38. The second kappa shape index (κ2) is 6.50. The topological polar surface area (TPSA) is 110 Å². The van der Waals surface area contributed by atoms with Gasteiger partial charge in [-0.25, -0.2) is 13.1 Å². The highest BCUT2D eigenvalue weighted by atomic mass is 32.2. The molecule has 1 rings (SSSR count). The number of nitro benzene ring substituents is 1. The molecule has 8 heteroatoms. The Morgan fingerprint density at radius 2 is 1.90 bits per heavy atom. The standard InChI is InChI=1S/C13H20N2O5S/c1-5-11(7-16)14-21(19,20)13-9(3)6-8(2)12(10(13)4)15(17)18/h6,11,14,16H,5,7H2,1-4H3. The fourth-order valence-corrected chi connectivity index (χ4v) is 4.16. The number of aliphatic hydroxyl groups excluding tert-OH is 1. The Bertz CT molecular complexity index is 651. The van der Waals surface area contributed by atoms with Gasteiger partial charge in [-0.2, -0.15) is 0 Å². The molecule has 118 valence electrons. The number of hydrogen-bond acceptors (Lipinski definition) is 5. The van der Waals surface area contributed by atoms with Gasteiger partial charge in [-0.15, -0.1) is 0 Å². The molecule has 0 aromatic heterocycles. The van der Waals surface area contributed by atoms with Crippen molar-refractivity contribution < 1.29 is 18.4 Å². The van der Waals surface area contributed by atoms with Gasteiger partial charge < -0.3 is 5.11 Å². The lowest BCUT2D eigenvalue weighted by Crippen LogP contribution is -2.37. The number of nitrogens with zero attached hydrogens (tertiary/aromatic N) is 1. The zero-order chi connectivity index (χ0) is 16.4. The van der Waals surface area contributed by atoms with E-state index in [4.69, 9.17) is 5.11 Å². The second-order valence-corrected chi connectivity index (χ2v) is 6.63. The van der Waals surface area contributed by atoms with Crippen LogP contribution in [0.2, 0.25) is 0 Å². The monoisotopic (exact) mass is 316 g/mol. The first-order valence-electron chi connectivity index (χ1n) is 6.54. The van der Waals surface area contributed by atoms with Crippen molar-refractivity contribution in [3.8, 4) is 0 Å². The van der Waals surface area contributed by atoms with Crippen LogP contribution in [0.1, 0.15) is 30.0 Å². The Labute approximate surface area is 124 Å². The van der Waals surface area contributed by atoms with Crippen LogP contribution in [-0.2, 0) is 10.0 Å². The van der Waals surface area contributed by atoms with Crippen molar-refractivity contribution in [1.82, 2.24) is 4.72 Å². The Hall–Kier alpha value is -1.51. The zero-order valence-electron chi connectivity index (χ0n) is 12.5. The Morgan fingerprint density at radius 3 is 2.33 bits per heavy atom. The normalized spacial score (nSPS) is 13.2. The molecule has 0 aliphatic rings. The predicted octanol–water partition coefficient (Wildman–Crippen LogP) is 1.57.